The predicted octanol–water partition coefficient (Wildman–Crippen LogP) is 7.18. The second-order valence-corrected chi connectivity index (χ2v) is 7.67. The lowest BCUT2D eigenvalue weighted by molar-refractivity contribution is -0.0983. The number of nitrogens with zero attached hydrogens (tertiary/aromatic N) is 1. The molecule has 0 amide bonds. The predicted molar refractivity (Wildman–Crippen MR) is 133 cm³/mol. The zero-order valence-electron chi connectivity index (χ0n) is 18.1. The summed E-state index contributed by atoms with van der Waals surface area (Å²) >= 11 is 0. The van der Waals surface area contributed by atoms with E-state index in [1.54, 1.807) is 0 Å². The first-order valence-corrected chi connectivity index (χ1v) is 10.6. The van der Waals surface area contributed by atoms with Crippen molar-refractivity contribution in [2.75, 3.05) is 24.3 Å². The molecule has 0 radical (unpaired) electrons. The van der Waals surface area contributed by atoms with Crippen LogP contribution in [0, 0.1) is 0 Å². The molecule has 0 saturated carbocycles. The van der Waals surface area contributed by atoms with E-state index in [1.165, 1.54) is 0 Å². The Bertz CT molecular complexity index is 1380. The minimum Gasteiger partial charge on any atom is -0.385 e. The van der Waals surface area contributed by atoms with Crippen molar-refractivity contribution in [2.45, 2.75) is 0 Å². The molecule has 5 rings (SSSR count). The summed E-state index contributed by atoms with van der Waals surface area (Å²) in [5, 5.41) is 7.65. The molecule has 32 heavy (non-hydrogen) atoms. The first-order valence-electron chi connectivity index (χ1n) is 10.6. The van der Waals surface area contributed by atoms with Crippen molar-refractivity contribution >= 4 is 38.6 Å². The minimum absolute atomic E-state index is 0.632. The fourth-order valence-electron chi connectivity index (χ4n) is 3.90. The molecule has 0 heterocycles. The SMILES string of the molecule is CNc1cc2ccccc2cc1OOc1cc2ccccc2cc1N(C)c1ccccc1. The minimum atomic E-state index is 0.632. The Balaban J connectivity index is 1.54. The molecule has 158 valence electrons. The lowest BCUT2D eigenvalue weighted by Crippen LogP contribution is -2.12. The highest BCUT2D eigenvalue weighted by molar-refractivity contribution is 5.90. The highest BCUT2D eigenvalue weighted by Crippen LogP contribution is 2.38. The fourth-order valence-corrected chi connectivity index (χ4v) is 3.90. The quantitative estimate of drug-likeness (QED) is 0.233. The highest BCUT2D eigenvalue weighted by atomic mass is 17.2. The van der Waals surface area contributed by atoms with E-state index in [0.717, 1.165) is 38.6 Å². The van der Waals surface area contributed by atoms with E-state index in [0.29, 0.717) is 11.5 Å². The van der Waals surface area contributed by atoms with Gasteiger partial charge in [0.2, 0.25) is 11.5 Å². The van der Waals surface area contributed by atoms with Crippen LogP contribution in [-0.2, 0) is 0 Å². The number of rotatable bonds is 6. The Morgan fingerprint density at radius 2 is 1.09 bits per heavy atom. The Morgan fingerprint density at radius 3 is 1.72 bits per heavy atom. The van der Waals surface area contributed by atoms with Crippen LogP contribution in [0.1, 0.15) is 0 Å². The van der Waals surface area contributed by atoms with Crippen LogP contribution in [0.25, 0.3) is 21.5 Å². The maximum absolute atomic E-state index is 5.98. The molecular formula is C28H24N2O2. The van der Waals surface area contributed by atoms with Crippen molar-refractivity contribution in [3.63, 3.8) is 0 Å². The van der Waals surface area contributed by atoms with E-state index in [4.69, 9.17) is 9.78 Å². The number of benzene rings is 5. The summed E-state index contributed by atoms with van der Waals surface area (Å²) in [5.74, 6) is 1.28. The standard InChI is InChI=1S/C28H24N2O2/c1-29-25-16-20-10-6-8-12-22(20)18-27(25)31-32-28-19-23-13-9-7-11-21(23)17-26(28)30(2)24-14-4-3-5-15-24/h3-19,29H,1-2H3. The summed E-state index contributed by atoms with van der Waals surface area (Å²) in [6.07, 6.45) is 0. The summed E-state index contributed by atoms with van der Waals surface area (Å²) in [6, 6.07) is 34.8. The van der Waals surface area contributed by atoms with Gasteiger partial charge in [0.15, 0.2) is 0 Å². The Hall–Kier alpha value is -4.18. The van der Waals surface area contributed by atoms with E-state index in [-0.39, 0.29) is 0 Å². The molecule has 0 spiro atoms. The topological polar surface area (TPSA) is 33.7 Å². The molecule has 0 aliphatic heterocycles. The van der Waals surface area contributed by atoms with Crippen molar-refractivity contribution in [2.24, 2.45) is 0 Å². The Morgan fingerprint density at radius 1 is 0.594 bits per heavy atom. The third-order valence-electron chi connectivity index (χ3n) is 5.67. The molecule has 0 atom stereocenters. The summed E-state index contributed by atoms with van der Waals surface area (Å²) in [6.45, 7) is 0. The third kappa shape index (κ3) is 3.79. The van der Waals surface area contributed by atoms with Gasteiger partial charge in [-0.3, -0.25) is 9.78 Å². The van der Waals surface area contributed by atoms with Gasteiger partial charge in [-0.05, 0) is 57.9 Å². The van der Waals surface area contributed by atoms with Crippen LogP contribution >= 0.6 is 0 Å². The molecule has 0 bridgehead atoms. The van der Waals surface area contributed by atoms with Crippen molar-refractivity contribution in [3.8, 4) is 11.5 Å². The first kappa shape index (κ1) is 19.8. The van der Waals surface area contributed by atoms with E-state index >= 15 is 0 Å². The maximum atomic E-state index is 5.98. The largest absolute Gasteiger partial charge is 0.385 e. The van der Waals surface area contributed by atoms with Crippen molar-refractivity contribution in [3.05, 3.63) is 103 Å². The number of anilines is 3. The van der Waals surface area contributed by atoms with Gasteiger partial charge >= 0.3 is 0 Å². The summed E-state index contributed by atoms with van der Waals surface area (Å²) in [4.78, 5) is 14.0. The van der Waals surface area contributed by atoms with Gasteiger partial charge in [-0.2, -0.15) is 0 Å². The van der Waals surface area contributed by atoms with Crippen LogP contribution in [0.15, 0.2) is 103 Å². The van der Waals surface area contributed by atoms with Crippen molar-refractivity contribution in [1.82, 2.24) is 0 Å². The van der Waals surface area contributed by atoms with Crippen LogP contribution in [0.4, 0.5) is 17.1 Å². The zero-order valence-corrected chi connectivity index (χ0v) is 18.1. The first-order chi connectivity index (χ1) is 15.7. The van der Waals surface area contributed by atoms with Gasteiger partial charge in [-0.25, -0.2) is 0 Å². The van der Waals surface area contributed by atoms with Gasteiger partial charge < -0.3 is 10.2 Å². The molecule has 5 aromatic carbocycles. The lowest BCUT2D eigenvalue weighted by Gasteiger charge is -2.23. The molecule has 0 aliphatic carbocycles. The number of fused-ring (bicyclic) bond motifs is 2. The van der Waals surface area contributed by atoms with Gasteiger partial charge in [-0.1, -0.05) is 66.7 Å². The molecule has 0 saturated heterocycles. The normalized spacial score (nSPS) is 10.8. The van der Waals surface area contributed by atoms with Crippen LogP contribution < -0.4 is 20.0 Å². The Kier molecular flexibility index (Phi) is 5.26. The number of nitrogens with one attached hydrogen (secondary N) is 1. The summed E-state index contributed by atoms with van der Waals surface area (Å²) < 4.78 is 0. The van der Waals surface area contributed by atoms with Gasteiger partial charge in [0.05, 0.1) is 11.4 Å². The van der Waals surface area contributed by atoms with Crippen LogP contribution in [0.3, 0.4) is 0 Å². The van der Waals surface area contributed by atoms with E-state index < -0.39 is 0 Å². The molecule has 0 aliphatic rings. The average molecular weight is 421 g/mol. The van der Waals surface area contributed by atoms with E-state index in [1.807, 2.05) is 68.7 Å². The second kappa shape index (κ2) is 8.52. The number of hydrogen-bond donors (Lipinski definition) is 1. The molecule has 1 N–H and O–H groups in total. The number of para-hydroxylation sites is 1. The third-order valence-corrected chi connectivity index (χ3v) is 5.67. The Labute approximate surface area is 187 Å². The van der Waals surface area contributed by atoms with Gasteiger partial charge in [0, 0.05) is 19.8 Å². The van der Waals surface area contributed by atoms with Gasteiger partial charge in [0.25, 0.3) is 0 Å². The number of hydrogen-bond acceptors (Lipinski definition) is 4. The monoisotopic (exact) mass is 420 g/mol. The highest BCUT2D eigenvalue weighted by Gasteiger charge is 2.15. The molecule has 0 unspecified atom stereocenters. The summed E-state index contributed by atoms with van der Waals surface area (Å²) in [5.41, 5.74) is 2.85. The maximum Gasteiger partial charge on any atom is 0.202 e. The molecule has 0 aromatic heterocycles. The van der Waals surface area contributed by atoms with Crippen LogP contribution in [0.5, 0.6) is 11.5 Å². The molecule has 4 nitrogen and oxygen atoms in total. The second-order valence-electron chi connectivity index (χ2n) is 7.67. The van der Waals surface area contributed by atoms with Crippen LogP contribution in [0.2, 0.25) is 0 Å². The van der Waals surface area contributed by atoms with E-state index in [2.05, 4.69) is 58.7 Å². The molecular weight excluding hydrogens is 396 g/mol. The lowest BCUT2D eigenvalue weighted by atomic mass is 10.1. The molecule has 4 heteroatoms. The van der Waals surface area contributed by atoms with E-state index in [9.17, 15) is 0 Å². The van der Waals surface area contributed by atoms with Gasteiger partial charge in [-0.15, -0.1) is 0 Å². The summed E-state index contributed by atoms with van der Waals surface area (Å²) in [7, 11) is 3.91. The van der Waals surface area contributed by atoms with Crippen molar-refractivity contribution in [1.29, 1.82) is 0 Å². The van der Waals surface area contributed by atoms with Gasteiger partial charge in [0.1, 0.15) is 0 Å². The average Bonchev–Trinajstić information content (AvgIpc) is 2.86. The molecule has 5 aromatic rings. The zero-order chi connectivity index (χ0) is 21.9. The van der Waals surface area contributed by atoms with Crippen LogP contribution in [-0.4, -0.2) is 14.1 Å². The van der Waals surface area contributed by atoms with Crippen molar-refractivity contribution < 1.29 is 9.78 Å². The fraction of sp³-hybridized carbons (Fsp3) is 0.0714. The molecule has 0 fully saturated rings. The smallest absolute Gasteiger partial charge is 0.202 e.